The van der Waals surface area contributed by atoms with Crippen molar-refractivity contribution in [3.05, 3.63) is 58.5 Å². The number of rotatable bonds is 4. The van der Waals surface area contributed by atoms with Gasteiger partial charge < -0.3 is 15.6 Å². The molecule has 0 radical (unpaired) electrons. The monoisotopic (exact) mass is 386 g/mol. The number of aromatic hydroxyl groups is 1. The number of carbonyl (C=O) groups is 2. The second-order valence-corrected chi connectivity index (χ2v) is 7.01. The molecule has 1 aliphatic heterocycles. The Morgan fingerprint density at radius 1 is 1.31 bits per heavy atom. The fourth-order valence-corrected chi connectivity index (χ4v) is 3.77. The third kappa shape index (κ3) is 3.29. The molecule has 3 N–H and O–H groups in total. The van der Waals surface area contributed by atoms with Crippen LogP contribution in [0.5, 0.6) is 11.5 Å². The largest absolute Gasteiger partial charge is 0.504 e. The second-order valence-electron chi connectivity index (χ2n) is 5.33. The summed E-state index contributed by atoms with van der Waals surface area (Å²) in [6.45, 7) is 0. The van der Waals surface area contributed by atoms with Crippen molar-refractivity contribution in [3.8, 4) is 11.5 Å². The normalized spacial score (nSPS) is 15.6. The predicted molar refractivity (Wildman–Crippen MR) is 105 cm³/mol. The van der Waals surface area contributed by atoms with E-state index in [4.69, 9.17) is 22.7 Å². The van der Waals surface area contributed by atoms with Crippen LogP contribution in [0.1, 0.15) is 15.9 Å². The summed E-state index contributed by atoms with van der Waals surface area (Å²) < 4.78 is 5.38. The number of para-hydroxylation sites is 1. The number of phenols is 1. The van der Waals surface area contributed by atoms with E-state index in [1.165, 1.54) is 18.1 Å². The number of thioether (sulfide) groups is 1. The van der Waals surface area contributed by atoms with Crippen molar-refractivity contribution in [1.29, 1.82) is 0 Å². The van der Waals surface area contributed by atoms with Gasteiger partial charge in [0.1, 0.15) is 0 Å². The minimum atomic E-state index is -0.637. The summed E-state index contributed by atoms with van der Waals surface area (Å²) in [5.41, 5.74) is 6.64. The highest BCUT2D eigenvalue weighted by Gasteiger charge is 2.35. The fraction of sp³-hybridized carbons (Fsp3) is 0.0556. The molecule has 2 aromatic rings. The van der Waals surface area contributed by atoms with E-state index in [1.54, 1.807) is 42.5 Å². The maximum absolute atomic E-state index is 12.8. The van der Waals surface area contributed by atoms with E-state index in [0.29, 0.717) is 26.2 Å². The Kier molecular flexibility index (Phi) is 4.97. The predicted octanol–water partition coefficient (Wildman–Crippen LogP) is 2.91. The van der Waals surface area contributed by atoms with Crippen LogP contribution in [0.15, 0.2) is 47.4 Å². The number of anilines is 1. The molecule has 1 heterocycles. The van der Waals surface area contributed by atoms with E-state index in [-0.39, 0.29) is 17.2 Å². The highest BCUT2D eigenvalue weighted by Crippen LogP contribution is 2.38. The van der Waals surface area contributed by atoms with Gasteiger partial charge in [-0.2, -0.15) is 0 Å². The molecular weight excluding hydrogens is 372 g/mol. The molecule has 0 spiro atoms. The Hall–Kier alpha value is -2.84. The van der Waals surface area contributed by atoms with Crippen LogP contribution in [0.4, 0.5) is 5.69 Å². The third-order valence-corrected chi connectivity index (χ3v) is 5.01. The topological polar surface area (TPSA) is 92.9 Å². The fourth-order valence-electron chi connectivity index (χ4n) is 2.49. The maximum Gasteiger partial charge on any atom is 0.270 e. The van der Waals surface area contributed by atoms with Gasteiger partial charge in [-0.05, 0) is 35.9 Å². The summed E-state index contributed by atoms with van der Waals surface area (Å²) in [6.07, 6.45) is 1.65. The van der Waals surface area contributed by atoms with Gasteiger partial charge in [-0.1, -0.05) is 42.2 Å². The van der Waals surface area contributed by atoms with Gasteiger partial charge in [0.15, 0.2) is 15.8 Å². The maximum atomic E-state index is 12.8. The lowest BCUT2D eigenvalue weighted by Gasteiger charge is -2.17. The minimum Gasteiger partial charge on any atom is -0.504 e. The summed E-state index contributed by atoms with van der Waals surface area (Å²) in [6, 6.07) is 11.3. The third-order valence-electron chi connectivity index (χ3n) is 3.71. The number of carbonyl (C=O) groups excluding carboxylic acids is 2. The van der Waals surface area contributed by atoms with Crippen LogP contribution in [-0.4, -0.2) is 28.4 Å². The average Bonchev–Trinajstić information content (AvgIpc) is 2.90. The number of hydrogen-bond donors (Lipinski definition) is 2. The van der Waals surface area contributed by atoms with Crippen molar-refractivity contribution >= 4 is 51.9 Å². The summed E-state index contributed by atoms with van der Waals surface area (Å²) >= 11 is 6.44. The number of ether oxygens (including phenoxy) is 1. The average molecular weight is 386 g/mol. The first kappa shape index (κ1) is 18.0. The molecule has 132 valence electrons. The molecule has 1 aliphatic rings. The van der Waals surface area contributed by atoms with Crippen molar-refractivity contribution in [2.75, 3.05) is 12.0 Å². The highest BCUT2D eigenvalue weighted by molar-refractivity contribution is 8.27. The summed E-state index contributed by atoms with van der Waals surface area (Å²) in [5.74, 6) is -0.677. The number of phenolic OH excluding ortho intramolecular Hbond substituents is 1. The molecular formula is C18H14N2O4S2. The van der Waals surface area contributed by atoms with Crippen LogP contribution in [0, 0.1) is 0 Å². The molecule has 3 rings (SSSR count). The summed E-state index contributed by atoms with van der Waals surface area (Å²) in [5, 5.41) is 9.67. The number of thiocarbonyl (C=S) groups is 1. The SMILES string of the molecule is COc1cc(/C=C2\SC(=S)N(c3ccccc3C(N)=O)C2=O)ccc1O. The van der Waals surface area contributed by atoms with E-state index in [2.05, 4.69) is 0 Å². The van der Waals surface area contributed by atoms with Crippen LogP contribution < -0.4 is 15.4 Å². The smallest absolute Gasteiger partial charge is 0.270 e. The molecule has 6 nitrogen and oxygen atoms in total. The van der Waals surface area contributed by atoms with Crippen molar-refractivity contribution in [2.24, 2.45) is 5.73 Å². The standard InChI is InChI=1S/C18H14N2O4S2/c1-24-14-8-10(6-7-13(14)21)9-15-17(23)20(18(25)26-15)12-5-3-2-4-11(12)16(19)22/h2-9,21H,1H3,(H2,19,22)/b15-9-. The number of nitrogens with zero attached hydrogens (tertiary/aromatic N) is 1. The van der Waals surface area contributed by atoms with Gasteiger partial charge >= 0.3 is 0 Å². The van der Waals surface area contributed by atoms with Crippen molar-refractivity contribution in [3.63, 3.8) is 0 Å². The molecule has 0 atom stereocenters. The van der Waals surface area contributed by atoms with E-state index >= 15 is 0 Å². The highest BCUT2D eigenvalue weighted by atomic mass is 32.2. The Morgan fingerprint density at radius 3 is 2.73 bits per heavy atom. The number of benzene rings is 2. The first-order chi connectivity index (χ1) is 12.4. The molecule has 1 saturated heterocycles. The first-order valence-corrected chi connectivity index (χ1v) is 8.68. The van der Waals surface area contributed by atoms with Crippen LogP contribution >= 0.6 is 24.0 Å². The molecule has 0 unspecified atom stereocenters. The number of methoxy groups -OCH3 is 1. The van der Waals surface area contributed by atoms with Gasteiger partial charge in [0.2, 0.25) is 0 Å². The summed E-state index contributed by atoms with van der Waals surface area (Å²) in [7, 11) is 1.44. The molecule has 2 amide bonds. The Balaban J connectivity index is 1.99. The lowest BCUT2D eigenvalue weighted by atomic mass is 10.1. The van der Waals surface area contributed by atoms with Crippen LogP contribution in [-0.2, 0) is 4.79 Å². The van der Waals surface area contributed by atoms with Gasteiger partial charge in [0.05, 0.1) is 23.3 Å². The second kappa shape index (κ2) is 7.19. The van der Waals surface area contributed by atoms with Gasteiger partial charge in [-0.3, -0.25) is 14.5 Å². The Labute approximate surface area is 159 Å². The molecule has 0 aromatic heterocycles. The van der Waals surface area contributed by atoms with E-state index in [9.17, 15) is 14.7 Å². The van der Waals surface area contributed by atoms with Crippen molar-refractivity contribution in [1.82, 2.24) is 0 Å². The number of primary amides is 1. The lowest BCUT2D eigenvalue weighted by Crippen LogP contribution is -2.30. The van der Waals surface area contributed by atoms with Crippen LogP contribution in [0.3, 0.4) is 0 Å². The van der Waals surface area contributed by atoms with Crippen molar-refractivity contribution in [2.45, 2.75) is 0 Å². The lowest BCUT2D eigenvalue weighted by molar-refractivity contribution is -0.113. The van der Waals surface area contributed by atoms with E-state index in [1.807, 2.05) is 0 Å². The molecule has 8 heteroatoms. The molecule has 2 aromatic carbocycles. The molecule has 26 heavy (non-hydrogen) atoms. The minimum absolute atomic E-state index is 0.00702. The van der Waals surface area contributed by atoms with E-state index in [0.717, 1.165) is 11.8 Å². The molecule has 0 bridgehead atoms. The zero-order chi connectivity index (χ0) is 18.8. The number of hydrogen-bond acceptors (Lipinski definition) is 6. The summed E-state index contributed by atoms with van der Waals surface area (Å²) in [4.78, 5) is 26.2. The molecule has 0 saturated carbocycles. The van der Waals surface area contributed by atoms with Gasteiger partial charge in [-0.15, -0.1) is 0 Å². The zero-order valence-electron chi connectivity index (χ0n) is 13.6. The van der Waals surface area contributed by atoms with E-state index < -0.39 is 5.91 Å². The van der Waals surface area contributed by atoms with Crippen LogP contribution in [0.2, 0.25) is 0 Å². The molecule has 0 aliphatic carbocycles. The van der Waals surface area contributed by atoms with Gasteiger partial charge in [-0.25, -0.2) is 0 Å². The van der Waals surface area contributed by atoms with Crippen LogP contribution in [0.25, 0.3) is 6.08 Å². The quantitative estimate of drug-likeness (QED) is 0.620. The first-order valence-electron chi connectivity index (χ1n) is 7.46. The zero-order valence-corrected chi connectivity index (χ0v) is 15.3. The Morgan fingerprint density at radius 2 is 2.04 bits per heavy atom. The Bertz CT molecular complexity index is 956. The molecule has 1 fully saturated rings. The van der Waals surface area contributed by atoms with Gasteiger partial charge in [0.25, 0.3) is 11.8 Å². The number of amides is 2. The number of nitrogens with two attached hydrogens (primary N) is 1. The van der Waals surface area contributed by atoms with Gasteiger partial charge in [0, 0.05) is 0 Å². The van der Waals surface area contributed by atoms with Crippen molar-refractivity contribution < 1.29 is 19.4 Å².